The zero-order chi connectivity index (χ0) is 12.1. The quantitative estimate of drug-likeness (QED) is 0.741. The average molecular weight is 237 g/mol. The second kappa shape index (κ2) is 5.79. The predicted octanol–water partition coefficient (Wildman–Crippen LogP) is -0.484. The highest BCUT2D eigenvalue weighted by atomic mass is 16.2. The van der Waals surface area contributed by atoms with Gasteiger partial charge in [0.15, 0.2) is 0 Å². The van der Waals surface area contributed by atoms with E-state index in [1.165, 1.54) is 0 Å². The van der Waals surface area contributed by atoms with Crippen LogP contribution in [0.3, 0.4) is 0 Å². The third kappa shape index (κ3) is 3.04. The first-order valence-corrected chi connectivity index (χ1v) is 6.02. The Labute approximate surface area is 101 Å². The molecular weight excluding hydrogens is 218 g/mol. The van der Waals surface area contributed by atoms with E-state index in [9.17, 15) is 4.79 Å². The number of aromatic amines is 1. The second-order valence-electron chi connectivity index (χ2n) is 4.25. The molecule has 1 saturated heterocycles. The molecule has 0 unspecified atom stereocenters. The Balaban J connectivity index is 1.81. The minimum Gasteiger partial charge on any atom is -0.335 e. The number of aromatic nitrogens is 2. The number of piperazine rings is 1. The second-order valence-corrected chi connectivity index (χ2v) is 4.25. The van der Waals surface area contributed by atoms with E-state index in [0.29, 0.717) is 5.69 Å². The summed E-state index contributed by atoms with van der Waals surface area (Å²) in [5.74, 6) is 0.0426. The summed E-state index contributed by atoms with van der Waals surface area (Å²) in [6.45, 7) is 5.18. The maximum absolute atomic E-state index is 12.0. The van der Waals surface area contributed by atoms with Crippen LogP contribution in [0.5, 0.6) is 0 Å². The van der Waals surface area contributed by atoms with Gasteiger partial charge in [0.2, 0.25) is 0 Å². The third-order valence-corrected chi connectivity index (χ3v) is 3.07. The van der Waals surface area contributed by atoms with E-state index < -0.39 is 0 Å². The third-order valence-electron chi connectivity index (χ3n) is 3.07. The summed E-state index contributed by atoms with van der Waals surface area (Å²) in [6, 6.07) is 1.71. The van der Waals surface area contributed by atoms with E-state index in [2.05, 4.69) is 15.1 Å². The van der Waals surface area contributed by atoms with Crippen LogP contribution in [0.15, 0.2) is 12.3 Å². The number of nitrogens with two attached hydrogens (primary N) is 1. The fourth-order valence-corrected chi connectivity index (χ4v) is 2.03. The number of nitrogens with one attached hydrogen (secondary N) is 1. The first-order chi connectivity index (χ1) is 8.31. The minimum absolute atomic E-state index is 0.0426. The molecule has 0 spiro atoms. The number of hydrogen-bond donors (Lipinski definition) is 2. The Morgan fingerprint density at radius 2 is 2.18 bits per heavy atom. The largest absolute Gasteiger partial charge is 0.335 e. The van der Waals surface area contributed by atoms with Gasteiger partial charge in [-0.05, 0) is 25.6 Å². The van der Waals surface area contributed by atoms with E-state index in [0.717, 1.165) is 45.7 Å². The van der Waals surface area contributed by atoms with E-state index in [1.807, 2.05) is 4.90 Å². The fraction of sp³-hybridized carbons (Fsp3) is 0.636. The minimum atomic E-state index is 0.0426. The van der Waals surface area contributed by atoms with Gasteiger partial charge in [-0.25, -0.2) is 0 Å². The maximum Gasteiger partial charge on any atom is 0.271 e. The molecule has 6 nitrogen and oxygen atoms in total. The maximum atomic E-state index is 12.0. The monoisotopic (exact) mass is 237 g/mol. The van der Waals surface area contributed by atoms with E-state index in [1.54, 1.807) is 12.3 Å². The molecule has 0 saturated carbocycles. The van der Waals surface area contributed by atoms with Crippen molar-refractivity contribution < 1.29 is 4.79 Å². The van der Waals surface area contributed by atoms with Crippen molar-refractivity contribution >= 4 is 5.91 Å². The fourth-order valence-electron chi connectivity index (χ4n) is 2.03. The molecular formula is C11H19N5O. The first-order valence-electron chi connectivity index (χ1n) is 6.02. The summed E-state index contributed by atoms with van der Waals surface area (Å²) in [4.78, 5) is 16.2. The number of nitrogens with zero attached hydrogens (tertiary/aromatic N) is 3. The average Bonchev–Trinajstić information content (AvgIpc) is 2.90. The van der Waals surface area contributed by atoms with Crippen LogP contribution in [0.2, 0.25) is 0 Å². The van der Waals surface area contributed by atoms with Crippen LogP contribution >= 0.6 is 0 Å². The van der Waals surface area contributed by atoms with E-state index in [4.69, 9.17) is 5.73 Å². The molecule has 1 aromatic heterocycles. The van der Waals surface area contributed by atoms with Gasteiger partial charge in [0.25, 0.3) is 5.91 Å². The highest BCUT2D eigenvalue weighted by Crippen LogP contribution is 2.06. The Bertz CT molecular complexity index is 343. The number of H-pyrrole nitrogens is 1. The SMILES string of the molecule is NCCCN1CCN(C(=O)c2ccn[nH]2)CC1. The van der Waals surface area contributed by atoms with E-state index in [-0.39, 0.29) is 5.91 Å². The Kier molecular flexibility index (Phi) is 4.11. The number of amides is 1. The van der Waals surface area contributed by atoms with Crippen molar-refractivity contribution in [2.75, 3.05) is 39.3 Å². The van der Waals surface area contributed by atoms with Gasteiger partial charge in [0, 0.05) is 32.4 Å². The molecule has 1 aliphatic rings. The van der Waals surface area contributed by atoms with Crippen LogP contribution in [0.4, 0.5) is 0 Å². The highest BCUT2D eigenvalue weighted by Gasteiger charge is 2.22. The summed E-state index contributed by atoms with van der Waals surface area (Å²) in [5.41, 5.74) is 6.05. The molecule has 2 rings (SSSR count). The van der Waals surface area contributed by atoms with Gasteiger partial charge in [0.05, 0.1) is 0 Å². The van der Waals surface area contributed by atoms with Crippen LogP contribution in [-0.4, -0.2) is 65.2 Å². The topological polar surface area (TPSA) is 78.2 Å². The molecule has 0 radical (unpaired) electrons. The molecule has 94 valence electrons. The molecule has 6 heteroatoms. The molecule has 0 bridgehead atoms. The molecule has 1 aromatic rings. The Morgan fingerprint density at radius 3 is 2.76 bits per heavy atom. The molecule has 1 fully saturated rings. The van der Waals surface area contributed by atoms with Crippen LogP contribution in [0, 0.1) is 0 Å². The van der Waals surface area contributed by atoms with Crippen LogP contribution in [0.25, 0.3) is 0 Å². The van der Waals surface area contributed by atoms with Gasteiger partial charge < -0.3 is 10.6 Å². The lowest BCUT2D eigenvalue weighted by Gasteiger charge is -2.34. The summed E-state index contributed by atoms with van der Waals surface area (Å²) >= 11 is 0. The Hall–Kier alpha value is -1.40. The van der Waals surface area contributed by atoms with Crippen LogP contribution in [0.1, 0.15) is 16.9 Å². The molecule has 3 N–H and O–H groups in total. The smallest absolute Gasteiger partial charge is 0.271 e. The normalized spacial score (nSPS) is 17.4. The molecule has 0 aliphatic carbocycles. The van der Waals surface area contributed by atoms with Gasteiger partial charge in [-0.3, -0.25) is 14.8 Å². The number of carbonyl (C=O) groups is 1. The molecule has 2 heterocycles. The molecule has 0 atom stereocenters. The van der Waals surface area contributed by atoms with Gasteiger partial charge in [-0.15, -0.1) is 0 Å². The predicted molar refractivity (Wildman–Crippen MR) is 64.6 cm³/mol. The van der Waals surface area contributed by atoms with Crippen molar-refractivity contribution in [2.24, 2.45) is 5.73 Å². The lowest BCUT2D eigenvalue weighted by molar-refractivity contribution is 0.0631. The van der Waals surface area contributed by atoms with Crippen molar-refractivity contribution in [2.45, 2.75) is 6.42 Å². The molecule has 1 amide bonds. The first kappa shape index (κ1) is 12.1. The number of rotatable bonds is 4. The van der Waals surface area contributed by atoms with E-state index >= 15 is 0 Å². The lowest BCUT2D eigenvalue weighted by atomic mass is 10.2. The lowest BCUT2D eigenvalue weighted by Crippen LogP contribution is -2.49. The number of carbonyl (C=O) groups excluding carboxylic acids is 1. The van der Waals surface area contributed by atoms with Crippen LogP contribution < -0.4 is 5.73 Å². The number of hydrogen-bond acceptors (Lipinski definition) is 4. The van der Waals surface area contributed by atoms with Gasteiger partial charge in [-0.1, -0.05) is 0 Å². The molecule has 0 aromatic carbocycles. The molecule has 17 heavy (non-hydrogen) atoms. The van der Waals surface area contributed by atoms with Crippen molar-refractivity contribution in [1.82, 2.24) is 20.0 Å². The van der Waals surface area contributed by atoms with Crippen molar-refractivity contribution in [1.29, 1.82) is 0 Å². The van der Waals surface area contributed by atoms with Crippen LogP contribution in [-0.2, 0) is 0 Å². The standard InChI is InChI=1S/C11H19N5O/c12-3-1-5-15-6-8-16(9-7-15)11(17)10-2-4-13-14-10/h2,4H,1,3,5-9,12H2,(H,13,14). The zero-order valence-electron chi connectivity index (χ0n) is 9.93. The zero-order valence-corrected chi connectivity index (χ0v) is 9.93. The molecule has 1 aliphatic heterocycles. The summed E-state index contributed by atoms with van der Waals surface area (Å²) in [7, 11) is 0. The summed E-state index contributed by atoms with van der Waals surface area (Å²) in [5, 5.41) is 6.51. The Morgan fingerprint density at radius 1 is 1.41 bits per heavy atom. The van der Waals surface area contributed by atoms with Gasteiger partial charge in [0.1, 0.15) is 5.69 Å². The van der Waals surface area contributed by atoms with Gasteiger partial charge >= 0.3 is 0 Å². The summed E-state index contributed by atoms with van der Waals surface area (Å²) in [6.07, 6.45) is 2.62. The highest BCUT2D eigenvalue weighted by molar-refractivity contribution is 5.92. The van der Waals surface area contributed by atoms with Crippen molar-refractivity contribution in [3.05, 3.63) is 18.0 Å². The van der Waals surface area contributed by atoms with Gasteiger partial charge in [-0.2, -0.15) is 5.10 Å². The van der Waals surface area contributed by atoms with Crippen molar-refractivity contribution in [3.63, 3.8) is 0 Å². The van der Waals surface area contributed by atoms with Crippen molar-refractivity contribution in [3.8, 4) is 0 Å². The summed E-state index contributed by atoms with van der Waals surface area (Å²) < 4.78 is 0.